The summed E-state index contributed by atoms with van der Waals surface area (Å²) in [5, 5.41) is 15.0. The van der Waals surface area contributed by atoms with Crippen molar-refractivity contribution in [2.45, 2.75) is 13.5 Å². The van der Waals surface area contributed by atoms with Crippen molar-refractivity contribution in [3.63, 3.8) is 0 Å². The quantitative estimate of drug-likeness (QED) is 0.902. The third-order valence-corrected chi connectivity index (χ3v) is 3.30. The first-order chi connectivity index (χ1) is 8.56. The van der Waals surface area contributed by atoms with E-state index >= 15 is 0 Å². The summed E-state index contributed by atoms with van der Waals surface area (Å²) < 4.78 is 0. The maximum absolute atomic E-state index is 10.7. The summed E-state index contributed by atoms with van der Waals surface area (Å²) in [7, 11) is 0. The van der Waals surface area contributed by atoms with E-state index < -0.39 is 5.97 Å². The van der Waals surface area contributed by atoms with Crippen molar-refractivity contribution in [2.75, 3.05) is 5.32 Å². The maximum Gasteiger partial charge on any atom is 0.337 e. The molecule has 0 bridgehead atoms. The first kappa shape index (κ1) is 12.8. The van der Waals surface area contributed by atoms with Crippen molar-refractivity contribution < 1.29 is 9.90 Å². The molecule has 0 aliphatic rings. The van der Waals surface area contributed by atoms with Gasteiger partial charge in [-0.2, -0.15) is 0 Å². The summed E-state index contributed by atoms with van der Waals surface area (Å²) in [6.07, 6.45) is 1.27. The van der Waals surface area contributed by atoms with Crippen molar-refractivity contribution in [2.24, 2.45) is 0 Å². The van der Waals surface area contributed by atoms with Gasteiger partial charge in [-0.25, -0.2) is 14.8 Å². The van der Waals surface area contributed by atoms with E-state index in [0.29, 0.717) is 12.4 Å². The van der Waals surface area contributed by atoms with Crippen molar-refractivity contribution in [3.05, 3.63) is 38.9 Å². The average Bonchev–Trinajstić information content (AvgIpc) is 2.73. The number of rotatable bonds is 4. The number of aryl methyl sites for hydroxylation is 1. The van der Waals surface area contributed by atoms with Gasteiger partial charge in [0.15, 0.2) is 0 Å². The lowest BCUT2D eigenvalue weighted by molar-refractivity contribution is 0.0696. The summed E-state index contributed by atoms with van der Waals surface area (Å²) in [6, 6.07) is 1.37. The van der Waals surface area contributed by atoms with Crippen LogP contribution >= 0.6 is 22.9 Å². The number of pyridine rings is 1. The Hall–Kier alpha value is -1.66. The van der Waals surface area contributed by atoms with Crippen LogP contribution in [-0.4, -0.2) is 21.0 Å². The number of halogens is 1. The fraction of sp³-hybridized carbons (Fsp3) is 0.182. The Morgan fingerprint density at radius 1 is 1.61 bits per heavy atom. The normalized spacial score (nSPS) is 10.3. The zero-order chi connectivity index (χ0) is 13.1. The molecule has 0 unspecified atom stereocenters. The Bertz CT molecular complexity index is 585. The minimum absolute atomic E-state index is 0.0649. The Morgan fingerprint density at radius 2 is 2.39 bits per heavy atom. The number of aromatic nitrogens is 2. The van der Waals surface area contributed by atoms with Gasteiger partial charge in [0.2, 0.25) is 0 Å². The van der Waals surface area contributed by atoms with Crippen LogP contribution in [-0.2, 0) is 6.54 Å². The van der Waals surface area contributed by atoms with Gasteiger partial charge in [-0.05, 0) is 13.0 Å². The Balaban J connectivity index is 2.08. The van der Waals surface area contributed by atoms with E-state index in [0.717, 1.165) is 10.7 Å². The summed E-state index contributed by atoms with van der Waals surface area (Å²) >= 11 is 7.51. The number of carboxylic acid groups (broad SMARTS) is 1. The second-order valence-electron chi connectivity index (χ2n) is 3.57. The number of hydrogen-bond acceptors (Lipinski definition) is 5. The van der Waals surface area contributed by atoms with Gasteiger partial charge in [-0.15, -0.1) is 11.3 Å². The van der Waals surface area contributed by atoms with Crippen LogP contribution in [0.1, 0.15) is 21.1 Å². The van der Waals surface area contributed by atoms with Crippen LogP contribution in [0.2, 0.25) is 5.02 Å². The fourth-order valence-corrected chi connectivity index (χ4v) is 2.19. The van der Waals surface area contributed by atoms with E-state index in [9.17, 15) is 4.79 Å². The molecule has 0 spiro atoms. The van der Waals surface area contributed by atoms with Gasteiger partial charge in [0.1, 0.15) is 5.82 Å². The molecule has 94 valence electrons. The molecule has 2 aromatic rings. The number of nitrogens with one attached hydrogen (secondary N) is 1. The number of carboxylic acids is 1. The molecule has 2 N–H and O–H groups in total. The molecule has 0 aliphatic carbocycles. The van der Waals surface area contributed by atoms with Gasteiger partial charge in [0.25, 0.3) is 0 Å². The first-order valence-corrected chi connectivity index (χ1v) is 6.35. The van der Waals surface area contributed by atoms with Crippen LogP contribution < -0.4 is 5.32 Å². The second-order valence-corrected chi connectivity index (χ2v) is 5.04. The molecule has 2 aromatic heterocycles. The average molecular weight is 284 g/mol. The fourth-order valence-electron chi connectivity index (χ4n) is 1.35. The van der Waals surface area contributed by atoms with Crippen LogP contribution in [0.3, 0.4) is 0 Å². The molecule has 7 heteroatoms. The number of anilines is 1. The lowest BCUT2D eigenvalue weighted by Gasteiger charge is -2.06. The highest BCUT2D eigenvalue weighted by Crippen LogP contribution is 2.21. The standard InChI is InChI=1S/C11H10ClN3O2S/c1-6-15-8(5-18-6)4-14-10-9(12)2-7(3-13-10)11(16)17/h2-3,5H,4H2,1H3,(H,13,14)(H,16,17). The third-order valence-electron chi connectivity index (χ3n) is 2.19. The van der Waals surface area contributed by atoms with E-state index in [1.807, 2.05) is 12.3 Å². The van der Waals surface area contributed by atoms with E-state index in [1.165, 1.54) is 12.3 Å². The molecular weight excluding hydrogens is 274 g/mol. The molecule has 0 aliphatic heterocycles. The number of aromatic carboxylic acids is 1. The van der Waals surface area contributed by atoms with E-state index in [1.54, 1.807) is 11.3 Å². The molecule has 18 heavy (non-hydrogen) atoms. The van der Waals surface area contributed by atoms with Crippen LogP contribution in [0, 0.1) is 6.92 Å². The lowest BCUT2D eigenvalue weighted by Crippen LogP contribution is -2.04. The van der Waals surface area contributed by atoms with Gasteiger partial charge in [-0.1, -0.05) is 11.6 Å². The smallest absolute Gasteiger partial charge is 0.337 e. The van der Waals surface area contributed by atoms with Crippen molar-refractivity contribution >= 4 is 34.7 Å². The molecule has 0 fully saturated rings. The monoisotopic (exact) mass is 283 g/mol. The number of thiazole rings is 1. The predicted molar refractivity (Wildman–Crippen MR) is 70.4 cm³/mol. The van der Waals surface area contributed by atoms with E-state index in [4.69, 9.17) is 16.7 Å². The van der Waals surface area contributed by atoms with E-state index in [2.05, 4.69) is 15.3 Å². The van der Waals surface area contributed by atoms with Gasteiger partial charge in [-0.3, -0.25) is 0 Å². The minimum Gasteiger partial charge on any atom is -0.478 e. The topological polar surface area (TPSA) is 75.1 Å². The second kappa shape index (κ2) is 5.32. The van der Waals surface area contributed by atoms with Gasteiger partial charge < -0.3 is 10.4 Å². The van der Waals surface area contributed by atoms with Crippen LogP contribution in [0.4, 0.5) is 5.82 Å². The zero-order valence-electron chi connectivity index (χ0n) is 9.48. The molecule has 0 atom stereocenters. The predicted octanol–water partition coefficient (Wildman–Crippen LogP) is 2.81. The first-order valence-electron chi connectivity index (χ1n) is 5.10. The summed E-state index contributed by atoms with van der Waals surface area (Å²) in [5.41, 5.74) is 0.965. The van der Waals surface area contributed by atoms with E-state index in [-0.39, 0.29) is 10.6 Å². The highest BCUT2D eigenvalue weighted by atomic mass is 35.5. The number of carbonyl (C=O) groups is 1. The van der Waals surface area contributed by atoms with Crippen molar-refractivity contribution in [3.8, 4) is 0 Å². The van der Waals surface area contributed by atoms with Crippen LogP contribution in [0.25, 0.3) is 0 Å². The minimum atomic E-state index is -1.05. The Kier molecular flexibility index (Phi) is 3.78. The third kappa shape index (κ3) is 2.96. The molecule has 0 amide bonds. The summed E-state index contributed by atoms with van der Waals surface area (Å²) in [5.74, 6) is -0.599. The molecule has 0 saturated heterocycles. The SMILES string of the molecule is Cc1nc(CNc2ncc(C(=O)O)cc2Cl)cs1. The van der Waals surface area contributed by atoms with Crippen molar-refractivity contribution in [1.82, 2.24) is 9.97 Å². The highest BCUT2D eigenvalue weighted by Gasteiger charge is 2.08. The highest BCUT2D eigenvalue weighted by molar-refractivity contribution is 7.09. The lowest BCUT2D eigenvalue weighted by atomic mass is 10.3. The molecule has 0 radical (unpaired) electrons. The maximum atomic E-state index is 10.7. The van der Waals surface area contributed by atoms with Gasteiger partial charge in [0.05, 0.1) is 27.8 Å². The molecule has 0 saturated carbocycles. The zero-order valence-corrected chi connectivity index (χ0v) is 11.0. The molecule has 2 heterocycles. The molecular formula is C11H10ClN3O2S. The summed E-state index contributed by atoms with van der Waals surface area (Å²) in [4.78, 5) is 19.0. The molecule has 5 nitrogen and oxygen atoms in total. The summed E-state index contributed by atoms with van der Waals surface area (Å²) in [6.45, 7) is 2.44. The number of nitrogens with zero attached hydrogens (tertiary/aromatic N) is 2. The van der Waals surface area contributed by atoms with Crippen molar-refractivity contribution in [1.29, 1.82) is 0 Å². The van der Waals surface area contributed by atoms with Gasteiger partial charge >= 0.3 is 5.97 Å². The molecule has 2 rings (SSSR count). The Morgan fingerprint density at radius 3 is 2.94 bits per heavy atom. The van der Waals surface area contributed by atoms with Crippen LogP contribution in [0.15, 0.2) is 17.6 Å². The number of hydrogen-bond donors (Lipinski definition) is 2. The largest absolute Gasteiger partial charge is 0.478 e. The Labute approximate surface area is 112 Å². The van der Waals surface area contributed by atoms with Gasteiger partial charge in [0, 0.05) is 11.6 Å². The van der Waals surface area contributed by atoms with Crippen LogP contribution in [0.5, 0.6) is 0 Å². The molecule has 0 aromatic carbocycles.